The highest BCUT2D eigenvalue weighted by Gasteiger charge is 2.50. The Hall–Kier alpha value is -2.07. The van der Waals surface area contributed by atoms with Gasteiger partial charge >= 0.3 is 18.2 Å². The number of hydrogen-bond donors (Lipinski definition) is 3. The van der Waals surface area contributed by atoms with Crippen LogP contribution in [-0.2, 0) is 23.7 Å². The van der Waals surface area contributed by atoms with E-state index in [4.69, 9.17) is 24.7 Å². The first-order valence-corrected chi connectivity index (χ1v) is 8.25. The van der Waals surface area contributed by atoms with Crippen LogP contribution in [0.1, 0.15) is 41.5 Å². The third-order valence-electron chi connectivity index (χ3n) is 2.95. The highest BCUT2D eigenvalue weighted by atomic mass is 16.6. The number of nitrogens with one attached hydrogen (secondary N) is 2. The van der Waals surface area contributed by atoms with Gasteiger partial charge in [-0.1, -0.05) is 0 Å². The van der Waals surface area contributed by atoms with E-state index in [-0.39, 0.29) is 19.8 Å². The van der Waals surface area contributed by atoms with Crippen molar-refractivity contribution >= 4 is 18.2 Å². The number of rotatable bonds is 6. The van der Waals surface area contributed by atoms with E-state index in [0.717, 1.165) is 0 Å². The standard InChI is InChI=1S/C16H29N3O7/c1-14(2,3)25-12(21)18-7-11(20)23-8-10(16(17)9-24-16)19-13(22)26-15(4,5)6/h10H,7-9,17H2,1-6H3,(H,18,21)(H,19,22)/t10-,16?/m0/s1. The van der Waals surface area contributed by atoms with Crippen molar-refractivity contribution < 1.29 is 33.3 Å². The molecule has 1 unspecified atom stereocenters. The quantitative estimate of drug-likeness (QED) is 0.349. The van der Waals surface area contributed by atoms with Crippen LogP contribution in [0.15, 0.2) is 0 Å². The molecule has 1 rings (SSSR count). The summed E-state index contributed by atoms with van der Waals surface area (Å²) in [5.41, 5.74) is 3.43. The lowest BCUT2D eigenvalue weighted by molar-refractivity contribution is -0.143. The Labute approximate surface area is 153 Å². The molecule has 0 aromatic heterocycles. The molecule has 150 valence electrons. The van der Waals surface area contributed by atoms with Crippen LogP contribution in [0, 0.1) is 0 Å². The van der Waals surface area contributed by atoms with Crippen LogP contribution in [0.25, 0.3) is 0 Å². The largest absolute Gasteiger partial charge is 0.462 e. The number of amides is 2. The van der Waals surface area contributed by atoms with E-state index >= 15 is 0 Å². The Morgan fingerprint density at radius 3 is 2.04 bits per heavy atom. The molecule has 0 aliphatic carbocycles. The molecule has 10 heteroatoms. The van der Waals surface area contributed by atoms with E-state index in [1.807, 2.05) is 0 Å². The number of epoxide rings is 1. The van der Waals surface area contributed by atoms with Crippen molar-refractivity contribution in [1.29, 1.82) is 0 Å². The molecule has 4 N–H and O–H groups in total. The fraction of sp³-hybridized carbons (Fsp3) is 0.812. The van der Waals surface area contributed by atoms with Gasteiger partial charge in [0.15, 0.2) is 5.72 Å². The molecule has 1 fully saturated rings. The normalized spacial score (nSPS) is 20.6. The highest BCUT2D eigenvalue weighted by Crippen LogP contribution is 2.25. The fourth-order valence-corrected chi connectivity index (χ4v) is 1.73. The summed E-state index contributed by atoms with van der Waals surface area (Å²) < 4.78 is 20.3. The zero-order chi connectivity index (χ0) is 20.2. The maximum absolute atomic E-state index is 11.9. The summed E-state index contributed by atoms with van der Waals surface area (Å²) >= 11 is 0. The number of esters is 1. The third kappa shape index (κ3) is 8.86. The number of carbonyl (C=O) groups excluding carboxylic acids is 3. The van der Waals surface area contributed by atoms with Gasteiger partial charge in [0.05, 0.1) is 6.61 Å². The molecule has 26 heavy (non-hydrogen) atoms. The van der Waals surface area contributed by atoms with Crippen molar-refractivity contribution in [2.75, 3.05) is 19.8 Å². The summed E-state index contributed by atoms with van der Waals surface area (Å²) in [4.78, 5) is 35.1. The van der Waals surface area contributed by atoms with E-state index in [9.17, 15) is 14.4 Å². The average Bonchev–Trinajstić information content (AvgIpc) is 3.16. The summed E-state index contributed by atoms with van der Waals surface area (Å²) in [5.74, 6) is -0.712. The second kappa shape index (κ2) is 8.09. The highest BCUT2D eigenvalue weighted by molar-refractivity contribution is 5.78. The van der Waals surface area contributed by atoms with Crippen LogP contribution in [-0.4, -0.2) is 60.9 Å². The average molecular weight is 375 g/mol. The molecule has 0 aromatic carbocycles. The second-order valence-electron chi connectivity index (χ2n) is 7.98. The Bertz CT molecular complexity index is 533. The number of ether oxygens (including phenoxy) is 4. The molecule has 1 heterocycles. The fourth-order valence-electron chi connectivity index (χ4n) is 1.73. The molecule has 0 saturated carbocycles. The van der Waals surface area contributed by atoms with Gasteiger partial charge in [-0.15, -0.1) is 0 Å². The molecule has 0 bridgehead atoms. The van der Waals surface area contributed by atoms with Crippen LogP contribution in [0.3, 0.4) is 0 Å². The topological polar surface area (TPSA) is 142 Å². The van der Waals surface area contributed by atoms with Gasteiger partial charge in [0.2, 0.25) is 0 Å². The van der Waals surface area contributed by atoms with Crippen LogP contribution >= 0.6 is 0 Å². The molecule has 2 amide bonds. The van der Waals surface area contributed by atoms with Crippen molar-refractivity contribution in [3.05, 3.63) is 0 Å². The maximum Gasteiger partial charge on any atom is 0.408 e. The lowest BCUT2D eigenvalue weighted by Crippen LogP contribution is -2.54. The maximum atomic E-state index is 11.9. The summed E-state index contributed by atoms with van der Waals surface area (Å²) in [6.45, 7) is 9.86. The smallest absolute Gasteiger partial charge is 0.408 e. The van der Waals surface area contributed by atoms with E-state index in [1.165, 1.54) is 0 Å². The molecule has 1 saturated heterocycles. The SMILES string of the molecule is CC(C)(C)OC(=O)NCC(=O)OC[C@H](NC(=O)OC(C)(C)C)C1(N)CO1. The van der Waals surface area contributed by atoms with Gasteiger partial charge < -0.3 is 29.6 Å². The molecular formula is C16H29N3O7. The summed E-state index contributed by atoms with van der Waals surface area (Å²) in [7, 11) is 0. The van der Waals surface area contributed by atoms with Crippen molar-refractivity contribution in [3.63, 3.8) is 0 Å². The Morgan fingerprint density at radius 1 is 1.08 bits per heavy atom. The van der Waals surface area contributed by atoms with E-state index in [0.29, 0.717) is 0 Å². The first-order valence-electron chi connectivity index (χ1n) is 8.25. The number of alkyl carbamates (subject to hydrolysis) is 2. The van der Waals surface area contributed by atoms with Crippen molar-refractivity contribution in [2.24, 2.45) is 5.73 Å². The molecule has 2 atom stereocenters. The molecule has 0 aromatic rings. The van der Waals surface area contributed by atoms with Gasteiger partial charge in [-0.3, -0.25) is 10.5 Å². The van der Waals surface area contributed by atoms with E-state index in [1.54, 1.807) is 41.5 Å². The lowest BCUT2D eigenvalue weighted by Gasteiger charge is -2.25. The first kappa shape index (κ1) is 22.0. The monoisotopic (exact) mass is 375 g/mol. The van der Waals surface area contributed by atoms with Gasteiger partial charge in [0.1, 0.15) is 30.4 Å². The predicted octanol–water partition coefficient (Wildman–Crippen LogP) is 0.633. The van der Waals surface area contributed by atoms with Crippen LogP contribution < -0.4 is 16.4 Å². The van der Waals surface area contributed by atoms with Gasteiger partial charge in [-0.25, -0.2) is 9.59 Å². The minimum atomic E-state index is -1.12. The van der Waals surface area contributed by atoms with Crippen molar-refractivity contribution in [1.82, 2.24) is 10.6 Å². The van der Waals surface area contributed by atoms with Crippen LogP contribution in [0.5, 0.6) is 0 Å². The third-order valence-corrected chi connectivity index (χ3v) is 2.95. The summed E-state index contributed by atoms with van der Waals surface area (Å²) in [6.07, 6.45) is -1.44. The lowest BCUT2D eigenvalue weighted by atomic mass is 10.1. The molecule has 0 spiro atoms. The summed E-state index contributed by atoms with van der Waals surface area (Å²) in [5, 5.41) is 4.81. The Balaban J connectivity index is 2.43. The zero-order valence-corrected chi connectivity index (χ0v) is 16.1. The Morgan fingerprint density at radius 2 is 1.58 bits per heavy atom. The number of carbonyl (C=O) groups is 3. The van der Waals surface area contributed by atoms with Crippen LogP contribution in [0.4, 0.5) is 9.59 Å². The van der Waals surface area contributed by atoms with Gasteiger partial charge in [-0.05, 0) is 41.5 Å². The number of hydrogen-bond acceptors (Lipinski definition) is 8. The minimum absolute atomic E-state index is 0.209. The molecule has 10 nitrogen and oxygen atoms in total. The molecular weight excluding hydrogens is 346 g/mol. The Kier molecular flexibility index (Phi) is 6.83. The predicted molar refractivity (Wildman–Crippen MR) is 91.2 cm³/mol. The number of nitrogens with two attached hydrogens (primary N) is 1. The van der Waals surface area contributed by atoms with Crippen molar-refractivity contribution in [2.45, 2.75) is 64.5 Å². The molecule has 1 aliphatic heterocycles. The van der Waals surface area contributed by atoms with Crippen molar-refractivity contribution in [3.8, 4) is 0 Å². The first-order chi connectivity index (χ1) is 11.7. The summed E-state index contributed by atoms with van der Waals surface area (Å²) in [6, 6.07) is -0.789. The van der Waals surface area contributed by atoms with E-state index < -0.39 is 41.1 Å². The molecule has 0 radical (unpaired) electrons. The van der Waals surface area contributed by atoms with Gasteiger partial charge in [0, 0.05) is 0 Å². The second-order valence-corrected chi connectivity index (χ2v) is 7.98. The van der Waals surface area contributed by atoms with Crippen LogP contribution in [0.2, 0.25) is 0 Å². The minimum Gasteiger partial charge on any atom is -0.462 e. The van der Waals surface area contributed by atoms with E-state index in [2.05, 4.69) is 10.6 Å². The zero-order valence-electron chi connectivity index (χ0n) is 16.1. The van der Waals surface area contributed by atoms with Gasteiger partial charge in [-0.2, -0.15) is 0 Å². The molecule has 1 aliphatic rings. The van der Waals surface area contributed by atoms with Gasteiger partial charge in [0.25, 0.3) is 0 Å².